The van der Waals surface area contributed by atoms with Crippen LogP contribution in [-0.4, -0.2) is 34.1 Å². The molecule has 0 saturated heterocycles. The quantitative estimate of drug-likeness (QED) is 0.694. The molecule has 0 saturated carbocycles. The van der Waals surface area contributed by atoms with Gasteiger partial charge in [-0.1, -0.05) is 28.1 Å². The summed E-state index contributed by atoms with van der Waals surface area (Å²) < 4.78 is 0.893. The summed E-state index contributed by atoms with van der Waals surface area (Å²) in [5, 5.41) is 19.6. The monoisotopic (exact) mass is 343 g/mol. The van der Waals surface area contributed by atoms with E-state index in [-0.39, 0.29) is 6.42 Å². The number of carbonyl (C=O) groups excluding carboxylic acids is 1. The van der Waals surface area contributed by atoms with Gasteiger partial charge in [-0.2, -0.15) is 0 Å². The van der Waals surface area contributed by atoms with E-state index in [1.807, 2.05) is 24.3 Å². The van der Waals surface area contributed by atoms with Crippen molar-refractivity contribution in [1.82, 2.24) is 5.32 Å². The lowest BCUT2D eigenvalue weighted by Gasteiger charge is -2.12. The Morgan fingerprint density at radius 1 is 1.25 bits per heavy atom. The molecular formula is C13H14BrNO5. The van der Waals surface area contributed by atoms with Crippen LogP contribution in [0.1, 0.15) is 18.4 Å². The third kappa shape index (κ3) is 5.83. The largest absolute Gasteiger partial charge is 0.481 e. The van der Waals surface area contributed by atoms with Crippen LogP contribution in [-0.2, 0) is 20.8 Å². The number of aryl methyl sites for hydroxylation is 1. The van der Waals surface area contributed by atoms with E-state index in [0.717, 1.165) is 10.0 Å². The highest BCUT2D eigenvalue weighted by Crippen LogP contribution is 2.13. The third-order valence-electron chi connectivity index (χ3n) is 2.54. The molecule has 7 heteroatoms. The van der Waals surface area contributed by atoms with E-state index in [1.54, 1.807) is 0 Å². The summed E-state index contributed by atoms with van der Waals surface area (Å²) >= 11 is 3.31. The van der Waals surface area contributed by atoms with Crippen molar-refractivity contribution in [3.63, 3.8) is 0 Å². The normalized spacial score (nSPS) is 11.7. The van der Waals surface area contributed by atoms with Crippen molar-refractivity contribution >= 4 is 33.8 Å². The zero-order valence-electron chi connectivity index (χ0n) is 10.5. The first-order valence-corrected chi connectivity index (χ1v) is 6.66. The number of hydrogen-bond donors (Lipinski definition) is 3. The number of carbonyl (C=O) groups is 3. The van der Waals surface area contributed by atoms with Crippen molar-refractivity contribution in [2.24, 2.45) is 0 Å². The van der Waals surface area contributed by atoms with Gasteiger partial charge in [0, 0.05) is 10.9 Å². The number of nitrogens with one attached hydrogen (secondary N) is 1. The van der Waals surface area contributed by atoms with Gasteiger partial charge in [0.15, 0.2) is 0 Å². The maximum atomic E-state index is 11.6. The Hall–Kier alpha value is -1.89. The Bertz CT molecular complexity index is 517. The van der Waals surface area contributed by atoms with Crippen LogP contribution < -0.4 is 5.32 Å². The maximum absolute atomic E-state index is 11.6. The summed E-state index contributed by atoms with van der Waals surface area (Å²) in [6.45, 7) is 0. The first-order chi connectivity index (χ1) is 9.38. The molecule has 108 valence electrons. The highest BCUT2D eigenvalue weighted by atomic mass is 79.9. The van der Waals surface area contributed by atoms with Gasteiger partial charge in [-0.15, -0.1) is 0 Å². The molecule has 0 aliphatic heterocycles. The fourth-order valence-corrected chi connectivity index (χ4v) is 2.04. The predicted molar refractivity (Wildman–Crippen MR) is 74.3 cm³/mol. The fraction of sp³-hybridized carbons (Fsp3) is 0.308. The Kier molecular flexibility index (Phi) is 6.17. The van der Waals surface area contributed by atoms with E-state index in [9.17, 15) is 14.4 Å². The molecule has 1 atom stereocenters. The Morgan fingerprint density at radius 3 is 2.50 bits per heavy atom. The summed E-state index contributed by atoms with van der Waals surface area (Å²) in [6.07, 6.45) is -0.0947. The maximum Gasteiger partial charge on any atom is 0.326 e. The lowest BCUT2D eigenvalue weighted by Crippen LogP contribution is -2.42. The Morgan fingerprint density at radius 2 is 1.95 bits per heavy atom. The summed E-state index contributed by atoms with van der Waals surface area (Å²) in [6, 6.07) is 6.00. The number of halogens is 1. The molecule has 1 aromatic carbocycles. The van der Waals surface area contributed by atoms with Crippen LogP contribution in [0.5, 0.6) is 0 Å². The Labute approximate surface area is 123 Å². The van der Waals surface area contributed by atoms with Crippen LogP contribution in [0, 0.1) is 0 Å². The summed E-state index contributed by atoms with van der Waals surface area (Å²) in [7, 11) is 0. The lowest BCUT2D eigenvalue weighted by atomic mass is 10.1. The van der Waals surface area contributed by atoms with Crippen LogP contribution in [0.3, 0.4) is 0 Å². The number of amides is 1. The van der Waals surface area contributed by atoms with Gasteiger partial charge in [-0.05, 0) is 24.1 Å². The lowest BCUT2D eigenvalue weighted by molar-refractivity contribution is -0.147. The number of rotatable bonds is 7. The van der Waals surface area contributed by atoms with E-state index in [4.69, 9.17) is 10.2 Å². The van der Waals surface area contributed by atoms with E-state index >= 15 is 0 Å². The highest BCUT2D eigenvalue weighted by molar-refractivity contribution is 9.10. The molecule has 1 amide bonds. The van der Waals surface area contributed by atoms with Crippen molar-refractivity contribution in [2.45, 2.75) is 25.3 Å². The predicted octanol–water partition coefficient (Wildman–Crippen LogP) is 1.43. The van der Waals surface area contributed by atoms with Gasteiger partial charge >= 0.3 is 11.9 Å². The molecule has 0 aliphatic carbocycles. The molecule has 0 bridgehead atoms. The van der Waals surface area contributed by atoms with Crippen molar-refractivity contribution in [2.75, 3.05) is 0 Å². The standard InChI is InChI=1S/C13H14BrNO5/c14-9-3-1-2-8(6-9)4-5-11(16)15-10(13(19)20)7-12(17)18/h1-3,6,10H,4-5,7H2,(H,15,16)(H,17,18)(H,19,20)/t10-/m1/s1. The van der Waals surface area contributed by atoms with Crippen LogP contribution in [0.25, 0.3) is 0 Å². The number of carboxylic acids is 2. The van der Waals surface area contributed by atoms with E-state index in [0.29, 0.717) is 6.42 Å². The topological polar surface area (TPSA) is 104 Å². The van der Waals surface area contributed by atoms with Crippen LogP contribution in [0.2, 0.25) is 0 Å². The Balaban J connectivity index is 2.49. The van der Waals surface area contributed by atoms with E-state index in [1.165, 1.54) is 0 Å². The van der Waals surface area contributed by atoms with E-state index in [2.05, 4.69) is 21.2 Å². The summed E-state index contributed by atoms with van der Waals surface area (Å²) in [4.78, 5) is 32.9. The molecule has 0 spiro atoms. The minimum absolute atomic E-state index is 0.0971. The van der Waals surface area contributed by atoms with Crippen molar-refractivity contribution in [3.05, 3.63) is 34.3 Å². The molecule has 3 N–H and O–H groups in total. The molecule has 20 heavy (non-hydrogen) atoms. The molecule has 0 aliphatic rings. The molecule has 1 aromatic rings. The van der Waals surface area contributed by atoms with Gasteiger partial charge in [0.25, 0.3) is 0 Å². The molecule has 0 fully saturated rings. The minimum Gasteiger partial charge on any atom is -0.481 e. The smallest absolute Gasteiger partial charge is 0.326 e. The van der Waals surface area contributed by atoms with Crippen LogP contribution in [0.4, 0.5) is 0 Å². The van der Waals surface area contributed by atoms with Gasteiger partial charge in [0.2, 0.25) is 5.91 Å². The zero-order valence-corrected chi connectivity index (χ0v) is 12.1. The molecule has 1 rings (SSSR count). The third-order valence-corrected chi connectivity index (χ3v) is 3.04. The highest BCUT2D eigenvalue weighted by Gasteiger charge is 2.22. The van der Waals surface area contributed by atoms with E-state index < -0.39 is 30.3 Å². The molecule has 0 unspecified atom stereocenters. The number of aliphatic carboxylic acids is 2. The van der Waals surface area contributed by atoms with Crippen molar-refractivity contribution in [1.29, 1.82) is 0 Å². The van der Waals surface area contributed by atoms with Crippen LogP contribution >= 0.6 is 15.9 Å². The minimum atomic E-state index is -1.40. The molecule has 0 aromatic heterocycles. The second-order valence-corrected chi connectivity index (χ2v) is 5.10. The first kappa shape index (κ1) is 16.2. The first-order valence-electron chi connectivity index (χ1n) is 5.87. The summed E-state index contributed by atoms with van der Waals surface area (Å²) in [5.41, 5.74) is 0.930. The van der Waals surface area contributed by atoms with Crippen LogP contribution in [0.15, 0.2) is 28.7 Å². The van der Waals surface area contributed by atoms with Gasteiger partial charge < -0.3 is 15.5 Å². The second kappa shape index (κ2) is 7.64. The zero-order chi connectivity index (χ0) is 15.1. The van der Waals surface area contributed by atoms with Gasteiger partial charge in [0.05, 0.1) is 6.42 Å². The number of hydrogen-bond acceptors (Lipinski definition) is 3. The SMILES string of the molecule is O=C(O)C[C@@H](NC(=O)CCc1cccc(Br)c1)C(=O)O. The average Bonchev–Trinajstić information content (AvgIpc) is 2.35. The number of carboxylic acid groups (broad SMARTS) is 2. The molecule has 0 heterocycles. The number of benzene rings is 1. The molecular weight excluding hydrogens is 330 g/mol. The van der Waals surface area contributed by atoms with Gasteiger partial charge in [-0.3, -0.25) is 9.59 Å². The molecule has 6 nitrogen and oxygen atoms in total. The fourth-order valence-electron chi connectivity index (χ4n) is 1.59. The van der Waals surface area contributed by atoms with Gasteiger partial charge in [0.1, 0.15) is 6.04 Å². The van der Waals surface area contributed by atoms with Crippen molar-refractivity contribution in [3.8, 4) is 0 Å². The molecule has 0 radical (unpaired) electrons. The van der Waals surface area contributed by atoms with Crippen molar-refractivity contribution < 1.29 is 24.6 Å². The second-order valence-electron chi connectivity index (χ2n) is 4.19. The summed E-state index contributed by atoms with van der Waals surface area (Å²) in [5.74, 6) is -3.12. The average molecular weight is 344 g/mol. The van der Waals surface area contributed by atoms with Gasteiger partial charge in [-0.25, -0.2) is 4.79 Å².